The first-order valence-corrected chi connectivity index (χ1v) is 8.24. The Morgan fingerprint density at radius 3 is 2.81 bits per heavy atom. The van der Waals surface area contributed by atoms with Gasteiger partial charge in [-0.25, -0.2) is 9.67 Å². The van der Waals surface area contributed by atoms with E-state index < -0.39 is 0 Å². The summed E-state index contributed by atoms with van der Waals surface area (Å²) < 4.78 is 7.03. The predicted molar refractivity (Wildman–Crippen MR) is 98.8 cm³/mol. The molecular formula is C18H17N7O2. The van der Waals surface area contributed by atoms with E-state index in [1.807, 2.05) is 18.2 Å². The van der Waals surface area contributed by atoms with E-state index in [0.717, 1.165) is 5.56 Å². The smallest absolute Gasteiger partial charge is 0.253 e. The minimum Gasteiger partial charge on any atom is -0.463 e. The van der Waals surface area contributed by atoms with Crippen LogP contribution in [-0.2, 0) is 6.54 Å². The van der Waals surface area contributed by atoms with Gasteiger partial charge < -0.3 is 15.1 Å². The Hall–Kier alpha value is -3.75. The number of nitrogens with zero attached hydrogens (tertiary/aromatic N) is 6. The van der Waals surface area contributed by atoms with Crippen molar-refractivity contribution in [2.75, 3.05) is 19.8 Å². The lowest BCUT2D eigenvalue weighted by Crippen LogP contribution is -2.21. The molecule has 0 aliphatic heterocycles. The first-order chi connectivity index (χ1) is 13.0. The molecule has 2 N–H and O–H groups in total. The molecule has 0 fully saturated rings. The van der Waals surface area contributed by atoms with E-state index in [1.54, 1.807) is 43.2 Å². The maximum Gasteiger partial charge on any atom is 0.253 e. The quantitative estimate of drug-likeness (QED) is 0.588. The number of hydrogen-bond donors (Lipinski definition) is 1. The summed E-state index contributed by atoms with van der Waals surface area (Å²) in [5.41, 5.74) is 8.85. The van der Waals surface area contributed by atoms with Crippen LogP contribution in [0.5, 0.6) is 0 Å². The van der Waals surface area contributed by atoms with E-state index in [2.05, 4.69) is 20.3 Å². The second-order valence-electron chi connectivity index (χ2n) is 6.23. The standard InChI is InChI=1S/C18H17N7O2/c1-24(2)17(26)12-6-3-5-11(9-12)10-25-16-15(22-23-25)14(20-18(19)21-16)13-7-4-8-27-13/h3-9H,10H2,1-2H3,(H2,19,20,21). The average molecular weight is 363 g/mol. The molecule has 0 radical (unpaired) electrons. The van der Waals surface area contributed by atoms with Crippen molar-refractivity contribution in [3.8, 4) is 11.5 Å². The van der Waals surface area contributed by atoms with Crippen LogP contribution in [0, 0.1) is 0 Å². The molecule has 4 aromatic rings. The summed E-state index contributed by atoms with van der Waals surface area (Å²) in [6.07, 6.45) is 1.55. The zero-order valence-corrected chi connectivity index (χ0v) is 14.8. The van der Waals surface area contributed by atoms with E-state index in [1.165, 1.54) is 4.90 Å². The van der Waals surface area contributed by atoms with E-state index in [0.29, 0.717) is 34.7 Å². The lowest BCUT2D eigenvalue weighted by Gasteiger charge is -2.11. The molecule has 9 heteroatoms. The first-order valence-electron chi connectivity index (χ1n) is 8.24. The van der Waals surface area contributed by atoms with Crippen LogP contribution >= 0.6 is 0 Å². The summed E-state index contributed by atoms with van der Waals surface area (Å²) >= 11 is 0. The largest absolute Gasteiger partial charge is 0.463 e. The van der Waals surface area contributed by atoms with Gasteiger partial charge in [0.2, 0.25) is 5.95 Å². The Morgan fingerprint density at radius 1 is 1.22 bits per heavy atom. The molecule has 1 amide bonds. The molecule has 136 valence electrons. The monoisotopic (exact) mass is 363 g/mol. The van der Waals surface area contributed by atoms with Crippen molar-refractivity contribution >= 4 is 23.0 Å². The van der Waals surface area contributed by atoms with Crippen LogP contribution in [0.4, 0.5) is 5.95 Å². The van der Waals surface area contributed by atoms with Gasteiger partial charge in [0.15, 0.2) is 16.9 Å². The van der Waals surface area contributed by atoms with Gasteiger partial charge in [0.05, 0.1) is 12.8 Å². The van der Waals surface area contributed by atoms with Gasteiger partial charge in [-0.15, -0.1) is 5.10 Å². The van der Waals surface area contributed by atoms with Crippen LogP contribution in [0.15, 0.2) is 47.1 Å². The molecule has 0 bridgehead atoms. The molecule has 9 nitrogen and oxygen atoms in total. The van der Waals surface area contributed by atoms with E-state index in [4.69, 9.17) is 10.2 Å². The second kappa shape index (κ2) is 6.52. The van der Waals surface area contributed by atoms with Gasteiger partial charge in [-0.2, -0.15) is 4.98 Å². The van der Waals surface area contributed by atoms with Crippen molar-refractivity contribution in [3.05, 3.63) is 53.8 Å². The number of fused-ring (bicyclic) bond motifs is 1. The van der Waals surface area contributed by atoms with Crippen LogP contribution in [0.3, 0.4) is 0 Å². The predicted octanol–water partition coefficient (Wildman–Crippen LogP) is 1.81. The third-order valence-corrected chi connectivity index (χ3v) is 4.05. The topological polar surface area (TPSA) is 116 Å². The third-order valence-electron chi connectivity index (χ3n) is 4.05. The molecule has 0 saturated heterocycles. The average Bonchev–Trinajstić information content (AvgIpc) is 3.31. The van der Waals surface area contributed by atoms with E-state index in [9.17, 15) is 4.79 Å². The number of hydrogen-bond acceptors (Lipinski definition) is 7. The van der Waals surface area contributed by atoms with Crippen molar-refractivity contribution in [2.24, 2.45) is 0 Å². The first kappa shape index (κ1) is 16.7. The van der Waals surface area contributed by atoms with Crippen LogP contribution in [0.1, 0.15) is 15.9 Å². The van der Waals surface area contributed by atoms with Crippen molar-refractivity contribution in [2.45, 2.75) is 6.54 Å². The van der Waals surface area contributed by atoms with Crippen molar-refractivity contribution in [3.63, 3.8) is 0 Å². The molecule has 0 aliphatic carbocycles. The molecule has 0 aliphatic rings. The lowest BCUT2D eigenvalue weighted by molar-refractivity contribution is 0.0827. The zero-order chi connectivity index (χ0) is 19.0. The minimum atomic E-state index is -0.0630. The Labute approximate surface area is 154 Å². The van der Waals surface area contributed by atoms with E-state index in [-0.39, 0.29) is 11.9 Å². The SMILES string of the molecule is CN(C)C(=O)c1cccc(Cn2nnc3c(-c4ccco4)nc(N)nc32)c1. The van der Waals surface area contributed by atoms with Gasteiger partial charge in [0.1, 0.15) is 5.69 Å². The van der Waals surface area contributed by atoms with Crippen LogP contribution < -0.4 is 5.73 Å². The minimum absolute atomic E-state index is 0.0630. The summed E-state index contributed by atoms with van der Waals surface area (Å²) in [5.74, 6) is 0.584. The Kier molecular flexibility index (Phi) is 4.03. The highest BCUT2D eigenvalue weighted by Crippen LogP contribution is 2.25. The Balaban J connectivity index is 1.74. The summed E-state index contributed by atoms with van der Waals surface area (Å²) in [6, 6.07) is 10.9. The second-order valence-corrected chi connectivity index (χ2v) is 6.23. The molecule has 1 aromatic carbocycles. The fraction of sp³-hybridized carbons (Fsp3) is 0.167. The normalized spacial score (nSPS) is 11.0. The molecule has 0 spiro atoms. The van der Waals surface area contributed by atoms with Crippen LogP contribution in [0.25, 0.3) is 22.6 Å². The fourth-order valence-electron chi connectivity index (χ4n) is 2.80. The maximum atomic E-state index is 12.2. The number of amides is 1. The van der Waals surface area contributed by atoms with Gasteiger partial charge in [0.25, 0.3) is 5.91 Å². The third kappa shape index (κ3) is 3.10. The number of benzene rings is 1. The van der Waals surface area contributed by atoms with Crippen molar-refractivity contribution < 1.29 is 9.21 Å². The molecule has 0 unspecified atom stereocenters. The van der Waals surface area contributed by atoms with Crippen LogP contribution in [-0.4, -0.2) is 49.9 Å². The molecule has 0 saturated carbocycles. The number of carbonyl (C=O) groups excluding carboxylic acids is 1. The highest BCUT2D eigenvalue weighted by Gasteiger charge is 2.17. The van der Waals surface area contributed by atoms with Gasteiger partial charge in [-0.1, -0.05) is 17.3 Å². The zero-order valence-electron chi connectivity index (χ0n) is 14.8. The molecule has 0 atom stereocenters. The summed E-state index contributed by atoms with van der Waals surface area (Å²) in [4.78, 5) is 22.2. The number of nitrogen functional groups attached to an aromatic ring is 1. The van der Waals surface area contributed by atoms with Gasteiger partial charge in [-0.3, -0.25) is 4.79 Å². The van der Waals surface area contributed by atoms with Gasteiger partial charge in [0, 0.05) is 19.7 Å². The highest BCUT2D eigenvalue weighted by molar-refractivity contribution is 5.94. The maximum absolute atomic E-state index is 12.2. The molecular weight excluding hydrogens is 346 g/mol. The summed E-state index contributed by atoms with van der Waals surface area (Å²) in [5, 5.41) is 8.38. The molecule has 3 heterocycles. The Morgan fingerprint density at radius 2 is 2.07 bits per heavy atom. The van der Waals surface area contributed by atoms with Crippen LogP contribution in [0.2, 0.25) is 0 Å². The molecule has 27 heavy (non-hydrogen) atoms. The van der Waals surface area contributed by atoms with Crippen molar-refractivity contribution in [1.29, 1.82) is 0 Å². The molecule has 3 aromatic heterocycles. The van der Waals surface area contributed by atoms with Gasteiger partial charge in [-0.05, 0) is 29.8 Å². The summed E-state index contributed by atoms with van der Waals surface area (Å²) in [6.45, 7) is 0.388. The van der Waals surface area contributed by atoms with Crippen molar-refractivity contribution in [1.82, 2.24) is 29.9 Å². The lowest BCUT2D eigenvalue weighted by atomic mass is 10.1. The molecule has 4 rings (SSSR count). The summed E-state index contributed by atoms with van der Waals surface area (Å²) in [7, 11) is 3.44. The number of carbonyl (C=O) groups is 1. The number of anilines is 1. The number of aromatic nitrogens is 5. The Bertz CT molecular complexity index is 1120. The highest BCUT2D eigenvalue weighted by atomic mass is 16.3. The number of furan rings is 1. The van der Waals surface area contributed by atoms with Gasteiger partial charge >= 0.3 is 0 Å². The van der Waals surface area contributed by atoms with E-state index >= 15 is 0 Å². The number of nitrogens with two attached hydrogens (primary N) is 1. The number of rotatable bonds is 4. The fourth-order valence-corrected chi connectivity index (χ4v) is 2.80.